The first-order valence-corrected chi connectivity index (χ1v) is 10.4. The SMILES string of the molecule is O=S(=O)(O)c1cc(S(=O)(=O)c2ccc(F)c(S(=O)(=O)O)c2)ccc1F.[H-].[K+]. The Hall–Kier alpha value is -0.294. The first-order valence-electron chi connectivity index (χ1n) is 6.04. The zero-order valence-corrected chi connectivity index (χ0v) is 18.4. The van der Waals surface area contributed by atoms with Crippen molar-refractivity contribution in [2.75, 3.05) is 0 Å². The summed E-state index contributed by atoms with van der Waals surface area (Å²) in [5.74, 6) is -2.83. The van der Waals surface area contributed by atoms with Crippen molar-refractivity contribution >= 4 is 30.1 Å². The summed E-state index contributed by atoms with van der Waals surface area (Å²) in [5, 5.41) is 0. The van der Waals surface area contributed by atoms with Crippen LogP contribution >= 0.6 is 0 Å². The quantitative estimate of drug-likeness (QED) is 0.320. The molecule has 138 valence electrons. The third-order valence-electron chi connectivity index (χ3n) is 2.98. The van der Waals surface area contributed by atoms with E-state index in [-0.39, 0.29) is 52.8 Å². The molecular weight excluding hydrogens is 445 g/mol. The van der Waals surface area contributed by atoms with Crippen molar-refractivity contribution in [2.45, 2.75) is 19.6 Å². The molecule has 2 aromatic carbocycles. The second-order valence-corrected chi connectivity index (χ2v) is 9.37. The van der Waals surface area contributed by atoms with Gasteiger partial charge in [0.25, 0.3) is 20.2 Å². The van der Waals surface area contributed by atoms with Crippen LogP contribution in [0.25, 0.3) is 0 Å². The normalized spacial score (nSPS) is 12.5. The molecule has 2 rings (SSSR count). The number of benzene rings is 2. The minimum Gasteiger partial charge on any atom is -1.00 e. The van der Waals surface area contributed by atoms with Crippen molar-refractivity contribution < 1.29 is 96.0 Å². The van der Waals surface area contributed by atoms with Crippen LogP contribution in [0.15, 0.2) is 56.0 Å². The van der Waals surface area contributed by atoms with Crippen LogP contribution in [-0.4, -0.2) is 34.4 Å². The van der Waals surface area contributed by atoms with Gasteiger partial charge >= 0.3 is 51.4 Å². The zero-order valence-electron chi connectivity index (χ0n) is 13.8. The summed E-state index contributed by atoms with van der Waals surface area (Å²) in [4.78, 5) is -4.25. The van der Waals surface area contributed by atoms with E-state index >= 15 is 0 Å². The van der Waals surface area contributed by atoms with Gasteiger partial charge in [-0.3, -0.25) is 9.11 Å². The van der Waals surface area contributed by atoms with Gasteiger partial charge in [0.05, 0.1) is 9.79 Å². The molecule has 2 N–H and O–H groups in total. The van der Waals surface area contributed by atoms with Gasteiger partial charge in [0, 0.05) is 0 Å². The summed E-state index contributed by atoms with van der Waals surface area (Å²) < 4.78 is 114. The number of halogens is 2. The smallest absolute Gasteiger partial charge is 1.00 e. The van der Waals surface area contributed by atoms with Crippen LogP contribution in [0.3, 0.4) is 0 Å². The number of hydrogen-bond donors (Lipinski definition) is 2. The van der Waals surface area contributed by atoms with E-state index in [1.54, 1.807) is 0 Å². The molecule has 26 heavy (non-hydrogen) atoms. The molecular formula is C12H9F2KO8S3. The molecule has 0 saturated heterocycles. The van der Waals surface area contributed by atoms with Crippen LogP contribution < -0.4 is 51.4 Å². The molecule has 0 aliphatic rings. The molecule has 0 bridgehead atoms. The molecule has 14 heteroatoms. The molecule has 8 nitrogen and oxygen atoms in total. The molecule has 0 aliphatic carbocycles. The summed E-state index contributed by atoms with van der Waals surface area (Å²) in [5.41, 5.74) is 0. The first-order chi connectivity index (χ1) is 11.2. The van der Waals surface area contributed by atoms with Crippen LogP contribution in [0.5, 0.6) is 0 Å². The van der Waals surface area contributed by atoms with Gasteiger partial charge in [-0.1, -0.05) is 0 Å². The Bertz CT molecular complexity index is 1090. The van der Waals surface area contributed by atoms with Gasteiger partial charge in [0.2, 0.25) is 9.84 Å². The topological polar surface area (TPSA) is 143 Å². The van der Waals surface area contributed by atoms with Crippen molar-refractivity contribution in [3.8, 4) is 0 Å². The van der Waals surface area contributed by atoms with Crippen LogP contribution in [0.2, 0.25) is 0 Å². The second-order valence-electron chi connectivity index (χ2n) is 4.64. The van der Waals surface area contributed by atoms with E-state index < -0.39 is 61.3 Å². The molecule has 0 aliphatic heterocycles. The van der Waals surface area contributed by atoms with Gasteiger partial charge in [-0.25, -0.2) is 17.2 Å². The second kappa shape index (κ2) is 7.98. The number of rotatable bonds is 4. The van der Waals surface area contributed by atoms with E-state index in [0.717, 1.165) is 0 Å². The predicted octanol–water partition coefficient (Wildman–Crippen LogP) is -1.59. The minimum atomic E-state index is -5.07. The van der Waals surface area contributed by atoms with E-state index in [1.807, 2.05) is 0 Å². The maximum absolute atomic E-state index is 13.4. The summed E-state index contributed by atoms with van der Waals surface area (Å²) >= 11 is 0. The van der Waals surface area contributed by atoms with Crippen LogP contribution in [0.4, 0.5) is 8.78 Å². The Kier molecular flexibility index (Phi) is 7.29. The molecule has 0 unspecified atom stereocenters. The molecule has 2 aromatic rings. The van der Waals surface area contributed by atoms with E-state index in [1.165, 1.54) is 0 Å². The van der Waals surface area contributed by atoms with Crippen LogP contribution in [0, 0.1) is 11.6 Å². The fourth-order valence-electron chi connectivity index (χ4n) is 1.83. The number of hydrogen-bond acceptors (Lipinski definition) is 6. The van der Waals surface area contributed by atoms with Gasteiger partial charge in [-0.15, -0.1) is 0 Å². The molecule has 0 saturated carbocycles. The van der Waals surface area contributed by atoms with Crippen molar-refractivity contribution in [2.24, 2.45) is 0 Å². The Morgan fingerprint density at radius 2 is 1.00 bits per heavy atom. The van der Waals surface area contributed by atoms with E-state index in [0.29, 0.717) is 36.4 Å². The Morgan fingerprint density at radius 3 is 1.27 bits per heavy atom. The van der Waals surface area contributed by atoms with Crippen LogP contribution in [0.1, 0.15) is 1.43 Å². The third kappa shape index (κ3) is 4.95. The predicted molar refractivity (Wildman–Crippen MR) is 79.0 cm³/mol. The summed E-state index contributed by atoms with van der Waals surface area (Å²) in [7, 11) is -14.8. The van der Waals surface area contributed by atoms with E-state index in [2.05, 4.69) is 0 Å². The average molecular weight is 454 g/mol. The van der Waals surface area contributed by atoms with E-state index in [4.69, 9.17) is 9.11 Å². The average Bonchev–Trinajstić information content (AvgIpc) is 2.45. The van der Waals surface area contributed by atoms with Gasteiger partial charge in [-0.2, -0.15) is 16.8 Å². The summed E-state index contributed by atoms with van der Waals surface area (Å²) in [6.45, 7) is 0. The minimum absolute atomic E-state index is 0. The molecule has 0 heterocycles. The monoisotopic (exact) mass is 454 g/mol. The zero-order chi connectivity index (χ0) is 19.2. The van der Waals surface area contributed by atoms with Gasteiger partial charge < -0.3 is 1.43 Å². The van der Waals surface area contributed by atoms with Crippen molar-refractivity contribution in [3.05, 3.63) is 48.0 Å². The van der Waals surface area contributed by atoms with Gasteiger partial charge in [0.1, 0.15) is 21.4 Å². The van der Waals surface area contributed by atoms with Crippen molar-refractivity contribution in [1.82, 2.24) is 0 Å². The summed E-state index contributed by atoms with van der Waals surface area (Å²) in [6, 6.07) is 2.88. The molecule has 0 spiro atoms. The number of sulfone groups is 1. The third-order valence-corrected chi connectivity index (χ3v) is 6.47. The van der Waals surface area contributed by atoms with Crippen molar-refractivity contribution in [1.29, 1.82) is 0 Å². The fourth-order valence-corrected chi connectivity index (χ4v) is 4.48. The fraction of sp³-hybridized carbons (Fsp3) is 0. The molecule has 0 atom stereocenters. The molecule has 0 aromatic heterocycles. The Morgan fingerprint density at radius 1 is 0.692 bits per heavy atom. The molecule has 0 radical (unpaired) electrons. The van der Waals surface area contributed by atoms with Gasteiger partial charge in [0.15, 0.2) is 0 Å². The largest absolute Gasteiger partial charge is 1.00 e. The Balaban J connectivity index is 0.00000338. The molecule has 0 amide bonds. The maximum Gasteiger partial charge on any atom is 1.00 e. The summed E-state index contributed by atoms with van der Waals surface area (Å²) in [6.07, 6.45) is 0. The van der Waals surface area contributed by atoms with Crippen molar-refractivity contribution in [3.63, 3.8) is 0 Å². The van der Waals surface area contributed by atoms with Gasteiger partial charge in [-0.05, 0) is 36.4 Å². The maximum atomic E-state index is 13.4. The van der Waals surface area contributed by atoms with E-state index in [9.17, 15) is 34.0 Å². The van der Waals surface area contributed by atoms with Crippen LogP contribution in [-0.2, 0) is 30.1 Å². The Labute approximate surface area is 191 Å². The molecule has 0 fully saturated rings. The first kappa shape index (κ1) is 23.7. The standard InChI is InChI=1S/C12H8F2O8S3.K.H/c13-9-3-1-7(5-11(9)24(17,18)19)23(15,16)8-2-4-10(14)12(6-8)25(20,21)22;;/h1-6H,(H,17,18,19)(H,20,21,22);;/q;+1;-1.